The maximum atomic E-state index is 13.7. The highest BCUT2D eigenvalue weighted by molar-refractivity contribution is 5.89. The van der Waals surface area contributed by atoms with Crippen molar-refractivity contribution in [2.24, 2.45) is 47.3 Å². The first-order chi connectivity index (χ1) is 48.3. The zero-order chi connectivity index (χ0) is 69.4. The fourth-order valence-corrected chi connectivity index (χ4v) is 15.4. The van der Waals surface area contributed by atoms with Crippen LogP contribution in [0.25, 0.3) is 0 Å². The van der Waals surface area contributed by atoms with Crippen molar-refractivity contribution in [1.29, 1.82) is 0 Å². The van der Waals surface area contributed by atoms with E-state index in [1.165, 1.54) is 0 Å². The molecule has 9 rings (SSSR count). The Kier molecular flexibility index (Phi) is 32.3. The summed E-state index contributed by atoms with van der Waals surface area (Å²) in [7, 11) is 0. The lowest BCUT2D eigenvalue weighted by molar-refractivity contribution is -0.153. The minimum Gasteiger partial charge on any atom is -0.464 e. The molecule has 6 aliphatic rings. The third-order valence-electron chi connectivity index (χ3n) is 21.5. The van der Waals surface area contributed by atoms with Crippen molar-refractivity contribution in [2.75, 3.05) is 118 Å². The van der Waals surface area contributed by atoms with Gasteiger partial charge in [-0.05, 0) is 150 Å². The summed E-state index contributed by atoms with van der Waals surface area (Å²) in [6.45, 7) is 4.99. The van der Waals surface area contributed by atoms with Gasteiger partial charge in [0.25, 0.3) is 0 Å². The fourth-order valence-electron chi connectivity index (χ4n) is 15.4. The molecule has 0 aliphatic heterocycles. The molecule has 6 saturated carbocycles. The Balaban J connectivity index is 0.671. The van der Waals surface area contributed by atoms with E-state index in [-0.39, 0.29) is 137 Å². The summed E-state index contributed by atoms with van der Waals surface area (Å²) in [5.41, 5.74) is 2.52. The molecule has 3 aromatic rings. The fraction of sp³-hybridized carbons (Fsp3) is 0.667. The molecule has 5 unspecified atom stereocenters. The van der Waals surface area contributed by atoms with Crippen molar-refractivity contribution in [2.45, 2.75) is 166 Å². The van der Waals surface area contributed by atoms with Crippen molar-refractivity contribution >= 4 is 47.8 Å². The smallest absolute Gasteiger partial charge is 0.338 e. The SMILES string of the molecule is O=C(OCCN(CCOC(=O)c1ccccc1)CCOC(O)c1ccc(C2CCCC(C(=O)OCCN(CCOC(=O)C3CCCCC3)CCOC(=O)C3CCC(C4CCC(C(=O)OCCN(CCOC(=O)C5CCCC5)CCOC(=O)C5CCCC5)C4)CC3)C2)cc1)c1ccccc1. The van der Waals surface area contributed by atoms with Gasteiger partial charge in [0.1, 0.15) is 52.9 Å². The molecule has 1 N–H and O–H groups in total. The van der Waals surface area contributed by atoms with Crippen LogP contribution < -0.4 is 0 Å². The third kappa shape index (κ3) is 25.7. The van der Waals surface area contributed by atoms with Crippen LogP contribution in [0, 0.1) is 47.3 Å². The van der Waals surface area contributed by atoms with E-state index in [2.05, 4.69) is 0 Å². The largest absolute Gasteiger partial charge is 0.464 e. The molecular weight excluding hydrogens is 1270 g/mol. The monoisotopic (exact) mass is 1380 g/mol. The van der Waals surface area contributed by atoms with Gasteiger partial charge in [-0.25, -0.2) is 9.59 Å². The molecule has 21 nitrogen and oxygen atoms in total. The third-order valence-corrected chi connectivity index (χ3v) is 21.5. The van der Waals surface area contributed by atoms with Gasteiger partial charge >= 0.3 is 47.8 Å². The van der Waals surface area contributed by atoms with Gasteiger partial charge in [-0.1, -0.05) is 112 Å². The molecular formula is C78H109N3O18. The first kappa shape index (κ1) is 76.4. The van der Waals surface area contributed by atoms with Crippen LogP contribution in [0.1, 0.15) is 198 Å². The first-order valence-electron chi connectivity index (χ1n) is 37.3. The van der Waals surface area contributed by atoms with Gasteiger partial charge in [-0.3, -0.25) is 43.5 Å². The van der Waals surface area contributed by atoms with Crippen molar-refractivity contribution in [3.8, 4) is 0 Å². The zero-order valence-electron chi connectivity index (χ0n) is 58.3. The number of benzene rings is 3. The molecule has 0 heterocycles. The molecule has 0 spiro atoms. The summed E-state index contributed by atoms with van der Waals surface area (Å²) in [6.07, 6.45) is 20.1. The predicted molar refractivity (Wildman–Crippen MR) is 367 cm³/mol. The number of carbonyl (C=O) groups is 8. The van der Waals surface area contributed by atoms with Crippen molar-refractivity contribution in [3.63, 3.8) is 0 Å². The van der Waals surface area contributed by atoms with Gasteiger partial charge in [0.2, 0.25) is 0 Å². The molecule has 3 aromatic carbocycles. The number of hydrogen-bond acceptors (Lipinski definition) is 21. The zero-order valence-corrected chi connectivity index (χ0v) is 58.3. The molecule has 0 radical (unpaired) electrons. The second kappa shape index (κ2) is 41.8. The molecule has 6 aliphatic carbocycles. The number of hydrogen-bond donors (Lipinski definition) is 1. The molecule has 0 saturated heterocycles. The summed E-state index contributed by atoms with van der Waals surface area (Å²) >= 11 is 0. The highest BCUT2D eigenvalue weighted by Crippen LogP contribution is 2.44. The average molecular weight is 1380 g/mol. The topological polar surface area (TPSA) is 250 Å². The summed E-state index contributed by atoms with van der Waals surface area (Å²) in [4.78, 5) is 110. The van der Waals surface area contributed by atoms with E-state index in [9.17, 15) is 43.5 Å². The highest BCUT2D eigenvalue weighted by Gasteiger charge is 2.39. The quantitative estimate of drug-likeness (QED) is 0.0317. The van der Waals surface area contributed by atoms with Gasteiger partial charge in [-0.15, -0.1) is 0 Å². The van der Waals surface area contributed by atoms with Crippen LogP contribution in [-0.4, -0.2) is 186 Å². The Bertz CT molecular complexity index is 2850. The van der Waals surface area contributed by atoms with Crippen LogP contribution >= 0.6 is 0 Å². The minimum atomic E-state index is -1.21. The highest BCUT2D eigenvalue weighted by atomic mass is 16.6. The van der Waals surface area contributed by atoms with Crippen LogP contribution in [0.3, 0.4) is 0 Å². The number of aliphatic hydroxyl groups is 1. The van der Waals surface area contributed by atoms with Crippen molar-refractivity contribution in [3.05, 3.63) is 107 Å². The van der Waals surface area contributed by atoms with E-state index < -0.39 is 18.2 Å². The minimum absolute atomic E-state index is 0.0268. The van der Waals surface area contributed by atoms with Crippen LogP contribution in [-0.2, 0) is 71.4 Å². The lowest BCUT2D eigenvalue weighted by Crippen LogP contribution is -2.37. The van der Waals surface area contributed by atoms with Crippen LogP contribution in [0.2, 0.25) is 0 Å². The van der Waals surface area contributed by atoms with Crippen LogP contribution in [0.4, 0.5) is 0 Å². The van der Waals surface area contributed by atoms with Gasteiger partial charge in [0.05, 0.1) is 53.2 Å². The molecule has 0 amide bonds. The summed E-state index contributed by atoms with van der Waals surface area (Å²) in [6, 6.07) is 25.1. The van der Waals surface area contributed by atoms with Crippen LogP contribution in [0.5, 0.6) is 0 Å². The number of esters is 8. The summed E-state index contributed by atoms with van der Waals surface area (Å²) < 4.78 is 51.7. The van der Waals surface area contributed by atoms with Gasteiger partial charge in [0, 0.05) is 64.5 Å². The second-order valence-corrected chi connectivity index (χ2v) is 28.2. The lowest BCUT2D eigenvalue weighted by atomic mass is 9.75. The second-order valence-electron chi connectivity index (χ2n) is 28.2. The first-order valence-corrected chi connectivity index (χ1v) is 37.3. The maximum Gasteiger partial charge on any atom is 0.338 e. The number of aliphatic hydroxyl groups excluding tert-OH is 1. The van der Waals surface area contributed by atoms with E-state index >= 15 is 0 Å². The molecule has 544 valence electrons. The Morgan fingerprint density at radius 2 is 0.646 bits per heavy atom. The van der Waals surface area contributed by atoms with Crippen LogP contribution in [0.15, 0.2) is 84.9 Å². The standard InChI is InChI=1S/C78H109N3O18/c82-70(59-15-4-1-5-16-59)91-46-37-79(38-47-92-71(83)60-17-6-2-7-18-60)42-51-96-75(87)64-31-27-57(28-32-64)66-25-14-26-68(55-66)77(89)98-53-44-81(39-48-93-72(84)61-19-8-3-9-20-61)43-52-97-76(88)65-33-29-58(30-34-65)67-35-36-69(56-67)78(90)99-54-45-80(40-49-94-73(85)62-21-10-11-22-62)41-50-95-74(86)63-23-12-13-24-63/h1-2,4-7,15-18,27-28,31-32,58,61-63,65-69,75,87H,3,8-14,19-26,29-30,33-56H2. The van der Waals surface area contributed by atoms with Gasteiger partial charge in [0.15, 0.2) is 6.29 Å². The summed E-state index contributed by atoms with van der Waals surface area (Å²) in [5.74, 6) is -1.92. The number of ether oxygens (including phenoxy) is 9. The Morgan fingerprint density at radius 3 is 1.06 bits per heavy atom. The van der Waals surface area contributed by atoms with Gasteiger partial charge in [-0.2, -0.15) is 0 Å². The van der Waals surface area contributed by atoms with E-state index in [0.29, 0.717) is 100 Å². The van der Waals surface area contributed by atoms with E-state index in [4.69, 9.17) is 42.6 Å². The molecule has 0 bridgehead atoms. The maximum absolute atomic E-state index is 13.7. The van der Waals surface area contributed by atoms with E-state index in [1.54, 1.807) is 48.5 Å². The lowest BCUT2D eigenvalue weighted by Gasteiger charge is -2.31. The number of rotatable bonds is 39. The predicted octanol–water partition coefficient (Wildman–Crippen LogP) is 11.0. The van der Waals surface area contributed by atoms with E-state index in [0.717, 1.165) is 147 Å². The molecule has 5 atom stereocenters. The van der Waals surface area contributed by atoms with Crippen molar-refractivity contribution < 1.29 is 86.1 Å². The Morgan fingerprint density at radius 1 is 0.323 bits per heavy atom. The summed E-state index contributed by atoms with van der Waals surface area (Å²) in [5, 5.41) is 11.1. The average Bonchev–Trinajstić information content (AvgIpc) is 1.82. The molecule has 21 heteroatoms. The number of carbonyl (C=O) groups excluding carboxylic acids is 8. The Hall–Kier alpha value is -6.78. The van der Waals surface area contributed by atoms with Gasteiger partial charge < -0.3 is 47.7 Å². The van der Waals surface area contributed by atoms with Crippen molar-refractivity contribution in [1.82, 2.24) is 14.7 Å². The number of nitrogens with zero attached hydrogens (tertiary/aromatic N) is 3. The molecule has 0 aromatic heterocycles. The van der Waals surface area contributed by atoms with E-state index in [1.807, 2.05) is 51.1 Å². The normalized spacial score (nSPS) is 21.8. The Labute approximate surface area is 585 Å². The molecule has 99 heavy (non-hydrogen) atoms. The molecule has 6 fully saturated rings.